The Morgan fingerprint density at radius 1 is 1.50 bits per heavy atom. The van der Waals surface area contributed by atoms with Gasteiger partial charge in [-0.15, -0.1) is 11.8 Å². The first-order valence-corrected chi connectivity index (χ1v) is 5.74. The molecule has 5 heteroatoms. The van der Waals surface area contributed by atoms with Crippen LogP contribution in [0.4, 0.5) is 10.1 Å². The summed E-state index contributed by atoms with van der Waals surface area (Å²) in [5.41, 5.74) is 5.45. The molecule has 0 bridgehead atoms. The van der Waals surface area contributed by atoms with Gasteiger partial charge in [-0.05, 0) is 18.2 Å². The van der Waals surface area contributed by atoms with E-state index in [0.717, 1.165) is 0 Å². The molecule has 0 saturated heterocycles. The molecule has 16 heavy (non-hydrogen) atoms. The Hall–Kier alpha value is -1.23. The second-order valence-electron chi connectivity index (χ2n) is 3.63. The van der Waals surface area contributed by atoms with Gasteiger partial charge in [0.2, 0.25) is 0 Å². The molecule has 88 valence electrons. The number of nitrogen functional groups attached to an aromatic ring is 1. The van der Waals surface area contributed by atoms with Gasteiger partial charge in [0.1, 0.15) is 5.82 Å². The molecule has 0 aliphatic heterocycles. The van der Waals surface area contributed by atoms with Crippen molar-refractivity contribution in [1.82, 2.24) is 0 Å². The molecule has 0 heterocycles. The highest BCUT2D eigenvalue weighted by molar-refractivity contribution is 8.00. The number of benzene rings is 1. The normalized spacial score (nSPS) is 14.4. The number of halogens is 1. The first kappa shape index (κ1) is 12.8. The molecule has 0 amide bonds. The number of thioether (sulfide) groups is 1. The fraction of sp³-hybridized carbons (Fsp3) is 0.364. The van der Waals surface area contributed by atoms with Crippen LogP contribution in [0.15, 0.2) is 23.1 Å². The molecule has 0 aliphatic rings. The van der Waals surface area contributed by atoms with E-state index >= 15 is 0 Å². The second kappa shape index (κ2) is 5.21. The molecule has 2 atom stereocenters. The summed E-state index contributed by atoms with van der Waals surface area (Å²) in [6, 6.07) is 4.50. The number of nitrogens with two attached hydrogens (primary N) is 1. The van der Waals surface area contributed by atoms with E-state index in [0.29, 0.717) is 4.90 Å². The zero-order valence-corrected chi connectivity index (χ0v) is 9.92. The second-order valence-corrected chi connectivity index (χ2v) is 5.08. The smallest absolute Gasteiger partial charge is 0.307 e. The van der Waals surface area contributed by atoms with Crippen molar-refractivity contribution >= 4 is 23.4 Å². The third-order valence-electron chi connectivity index (χ3n) is 2.39. The predicted molar refractivity (Wildman–Crippen MR) is 62.9 cm³/mol. The van der Waals surface area contributed by atoms with Crippen molar-refractivity contribution in [3.8, 4) is 0 Å². The predicted octanol–water partition coefficient (Wildman–Crippen LogP) is 2.61. The number of carboxylic acid groups (broad SMARTS) is 1. The van der Waals surface area contributed by atoms with Crippen molar-refractivity contribution in [2.75, 3.05) is 5.73 Å². The Labute approximate surface area is 97.8 Å². The SMILES string of the molecule is CC(Sc1ccc(N)c(F)c1)C(C)C(=O)O. The van der Waals surface area contributed by atoms with Crippen molar-refractivity contribution in [3.63, 3.8) is 0 Å². The van der Waals surface area contributed by atoms with E-state index in [4.69, 9.17) is 10.8 Å². The van der Waals surface area contributed by atoms with Crippen LogP contribution in [0.5, 0.6) is 0 Å². The van der Waals surface area contributed by atoms with Crippen molar-refractivity contribution < 1.29 is 14.3 Å². The van der Waals surface area contributed by atoms with E-state index in [1.807, 2.05) is 0 Å². The summed E-state index contributed by atoms with van der Waals surface area (Å²) < 4.78 is 13.1. The van der Waals surface area contributed by atoms with Crippen molar-refractivity contribution in [2.45, 2.75) is 24.0 Å². The average Bonchev–Trinajstić information content (AvgIpc) is 2.22. The summed E-state index contributed by atoms with van der Waals surface area (Å²) in [5.74, 6) is -1.80. The third-order valence-corrected chi connectivity index (χ3v) is 3.69. The van der Waals surface area contributed by atoms with Crippen LogP contribution in [0.3, 0.4) is 0 Å². The Kier molecular flexibility index (Phi) is 4.18. The van der Waals surface area contributed by atoms with Gasteiger partial charge in [0.05, 0.1) is 11.6 Å². The zero-order chi connectivity index (χ0) is 12.3. The molecule has 0 fully saturated rings. The van der Waals surface area contributed by atoms with E-state index in [2.05, 4.69) is 0 Å². The molecule has 0 aliphatic carbocycles. The van der Waals surface area contributed by atoms with Gasteiger partial charge in [-0.1, -0.05) is 13.8 Å². The van der Waals surface area contributed by atoms with Gasteiger partial charge in [0, 0.05) is 10.1 Å². The third kappa shape index (κ3) is 3.13. The highest BCUT2D eigenvalue weighted by Crippen LogP contribution is 2.29. The van der Waals surface area contributed by atoms with Gasteiger partial charge in [0.25, 0.3) is 0 Å². The van der Waals surface area contributed by atoms with Gasteiger partial charge in [-0.3, -0.25) is 4.79 Å². The molecular weight excluding hydrogens is 229 g/mol. The number of hydrogen-bond donors (Lipinski definition) is 2. The lowest BCUT2D eigenvalue weighted by Crippen LogP contribution is -2.19. The summed E-state index contributed by atoms with van der Waals surface area (Å²) in [4.78, 5) is 11.4. The monoisotopic (exact) mass is 243 g/mol. The average molecular weight is 243 g/mol. The Morgan fingerprint density at radius 2 is 2.12 bits per heavy atom. The summed E-state index contributed by atoms with van der Waals surface area (Å²) >= 11 is 1.33. The molecule has 3 N–H and O–H groups in total. The minimum Gasteiger partial charge on any atom is -0.481 e. The van der Waals surface area contributed by atoms with Crippen LogP contribution in [-0.4, -0.2) is 16.3 Å². The van der Waals surface area contributed by atoms with Crippen LogP contribution in [0.25, 0.3) is 0 Å². The Bertz CT molecular complexity index is 398. The molecule has 0 saturated carbocycles. The van der Waals surface area contributed by atoms with E-state index in [-0.39, 0.29) is 10.9 Å². The van der Waals surface area contributed by atoms with Crippen molar-refractivity contribution in [2.24, 2.45) is 5.92 Å². The summed E-state index contributed by atoms with van der Waals surface area (Å²) in [6.45, 7) is 3.44. The van der Waals surface area contributed by atoms with Gasteiger partial charge in [-0.2, -0.15) is 0 Å². The molecule has 0 spiro atoms. The summed E-state index contributed by atoms with van der Waals surface area (Å²) in [7, 11) is 0. The number of rotatable bonds is 4. The molecule has 0 aromatic heterocycles. The fourth-order valence-electron chi connectivity index (χ4n) is 1.10. The highest BCUT2D eigenvalue weighted by atomic mass is 32.2. The summed E-state index contributed by atoms with van der Waals surface area (Å²) in [5, 5.41) is 8.70. The Morgan fingerprint density at radius 3 is 2.62 bits per heavy atom. The van der Waals surface area contributed by atoms with Gasteiger partial charge < -0.3 is 10.8 Å². The summed E-state index contributed by atoms with van der Waals surface area (Å²) in [6.07, 6.45) is 0. The lowest BCUT2D eigenvalue weighted by molar-refractivity contribution is -0.140. The number of anilines is 1. The number of carboxylic acids is 1. The quantitative estimate of drug-likeness (QED) is 0.630. The topological polar surface area (TPSA) is 63.3 Å². The number of aliphatic carboxylic acids is 1. The zero-order valence-electron chi connectivity index (χ0n) is 9.11. The molecule has 2 unspecified atom stereocenters. The lowest BCUT2D eigenvalue weighted by Gasteiger charge is -2.15. The Balaban J connectivity index is 2.73. The molecule has 3 nitrogen and oxygen atoms in total. The molecule has 1 aromatic rings. The number of carbonyl (C=O) groups is 1. The van der Waals surface area contributed by atoms with Crippen molar-refractivity contribution in [1.29, 1.82) is 0 Å². The lowest BCUT2D eigenvalue weighted by atomic mass is 10.1. The highest BCUT2D eigenvalue weighted by Gasteiger charge is 2.20. The van der Waals surface area contributed by atoms with Crippen LogP contribution >= 0.6 is 11.8 Å². The first-order chi connectivity index (χ1) is 7.41. The maximum atomic E-state index is 13.1. The van der Waals surface area contributed by atoms with Gasteiger partial charge in [0.15, 0.2) is 0 Å². The minimum atomic E-state index is -0.851. The first-order valence-electron chi connectivity index (χ1n) is 4.86. The van der Waals surface area contributed by atoms with E-state index in [1.165, 1.54) is 23.9 Å². The van der Waals surface area contributed by atoms with Gasteiger partial charge >= 0.3 is 5.97 Å². The maximum absolute atomic E-state index is 13.1. The van der Waals surface area contributed by atoms with Crippen LogP contribution in [-0.2, 0) is 4.79 Å². The van der Waals surface area contributed by atoms with E-state index < -0.39 is 17.7 Å². The van der Waals surface area contributed by atoms with E-state index in [9.17, 15) is 9.18 Å². The van der Waals surface area contributed by atoms with Crippen LogP contribution in [0, 0.1) is 11.7 Å². The molecular formula is C11H14FNO2S. The van der Waals surface area contributed by atoms with Crippen molar-refractivity contribution in [3.05, 3.63) is 24.0 Å². The minimum absolute atomic E-state index is 0.100. The largest absolute Gasteiger partial charge is 0.481 e. The molecule has 0 radical (unpaired) electrons. The molecule has 1 aromatic carbocycles. The maximum Gasteiger partial charge on any atom is 0.307 e. The fourth-order valence-corrected chi connectivity index (χ4v) is 2.17. The standard InChI is InChI=1S/C11H14FNO2S/c1-6(11(14)15)7(2)16-8-3-4-10(13)9(12)5-8/h3-7H,13H2,1-2H3,(H,14,15). The number of hydrogen-bond acceptors (Lipinski definition) is 3. The van der Waals surface area contributed by atoms with Crippen LogP contribution in [0.2, 0.25) is 0 Å². The molecule has 1 rings (SSSR count). The van der Waals surface area contributed by atoms with E-state index in [1.54, 1.807) is 19.9 Å². The van der Waals surface area contributed by atoms with Crippen LogP contribution in [0.1, 0.15) is 13.8 Å². The van der Waals surface area contributed by atoms with Crippen LogP contribution < -0.4 is 5.73 Å². The van der Waals surface area contributed by atoms with Gasteiger partial charge in [-0.25, -0.2) is 4.39 Å².